The van der Waals surface area contributed by atoms with Gasteiger partial charge < -0.3 is 19.9 Å². The Morgan fingerprint density at radius 3 is 2.62 bits per heavy atom. The SMILES string of the molecule is CCOC(=O)C(F)(F)[C@@H](N)c1ccc2c(c1)OCCO2.Cl. The molecule has 0 bridgehead atoms. The molecule has 0 amide bonds. The molecule has 0 saturated carbocycles. The second kappa shape index (κ2) is 6.91. The highest BCUT2D eigenvalue weighted by molar-refractivity contribution is 5.85. The molecule has 5 nitrogen and oxygen atoms in total. The molecule has 118 valence electrons. The van der Waals surface area contributed by atoms with Crippen molar-refractivity contribution in [3.63, 3.8) is 0 Å². The van der Waals surface area contributed by atoms with Gasteiger partial charge in [-0.25, -0.2) is 4.79 Å². The number of carbonyl (C=O) groups excluding carboxylic acids is 1. The summed E-state index contributed by atoms with van der Waals surface area (Å²) in [4.78, 5) is 11.3. The minimum absolute atomic E-state index is 0. The average molecular weight is 324 g/mol. The number of carbonyl (C=O) groups is 1. The quantitative estimate of drug-likeness (QED) is 0.859. The second-order valence-electron chi connectivity index (χ2n) is 4.22. The highest BCUT2D eigenvalue weighted by atomic mass is 35.5. The van der Waals surface area contributed by atoms with Crippen molar-refractivity contribution in [3.05, 3.63) is 23.8 Å². The highest BCUT2D eigenvalue weighted by Crippen LogP contribution is 2.36. The number of hydrogen-bond acceptors (Lipinski definition) is 5. The lowest BCUT2D eigenvalue weighted by Gasteiger charge is -2.24. The number of rotatable bonds is 4. The van der Waals surface area contributed by atoms with Crippen LogP contribution in [0.25, 0.3) is 0 Å². The van der Waals surface area contributed by atoms with Crippen molar-refractivity contribution >= 4 is 18.4 Å². The van der Waals surface area contributed by atoms with Crippen molar-refractivity contribution in [2.45, 2.75) is 18.9 Å². The smallest absolute Gasteiger partial charge is 0.379 e. The zero-order valence-corrected chi connectivity index (χ0v) is 12.1. The Labute approximate surface area is 126 Å². The van der Waals surface area contributed by atoms with Gasteiger partial charge in [0.1, 0.15) is 19.3 Å². The van der Waals surface area contributed by atoms with Crippen LogP contribution in [-0.2, 0) is 9.53 Å². The molecule has 21 heavy (non-hydrogen) atoms. The van der Waals surface area contributed by atoms with Gasteiger partial charge in [-0.15, -0.1) is 12.4 Å². The molecule has 0 saturated heterocycles. The summed E-state index contributed by atoms with van der Waals surface area (Å²) in [7, 11) is 0. The molecule has 1 heterocycles. The third-order valence-corrected chi connectivity index (χ3v) is 2.86. The number of benzene rings is 1. The lowest BCUT2D eigenvalue weighted by Crippen LogP contribution is -2.41. The van der Waals surface area contributed by atoms with Gasteiger partial charge in [0.15, 0.2) is 11.5 Å². The predicted octanol–water partition coefficient (Wildman–Crippen LogP) is 2.08. The monoisotopic (exact) mass is 323 g/mol. The van der Waals surface area contributed by atoms with Crippen molar-refractivity contribution in [1.82, 2.24) is 0 Å². The molecule has 1 aromatic carbocycles. The summed E-state index contributed by atoms with van der Waals surface area (Å²) >= 11 is 0. The Morgan fingerprint density at radius 2 is 2.00 bits per heavy atom. The van der Waals surface area contributed by atoms with Crippen molar-refractivity contribution in [3.8, 4) is 11.5 Å². The Hall–Kier alpha value is -1.60. The number of ether oxygens (including phenoxy) is 3. The summed E-state index contributed by atoms with van der Waals surface area (Å²) in [6, 6.07) is 2.42. The number of fused-ring (bicyclic) bond motifs is 1. The Morgan fingerprint density at radius 1 is 1.38 bits per heavy atom. The first kappa shape index (κ1) is 17.5. The van der Waals surface area contributed by atoms with E-state index in [0.717, 1.165) is 0 Å². The first-order valence-electron chi connectivity index (χ1n) is 6.17. The molecule has 8 heteroatoms. The fraction of sp³-hybridized carbons (Fsp3) is 0.462. The fourth-order valence-electron chi connectivity index (χ4n) is 1.82. The van der Waals surface area contributed by atoms with Gasteiger partial charge in [-0.3, -0.25) is 0 Å². The van der Waals surface area contributed by atoms with E-state index in [4.69, 9.17) is 15.2 Å². The van der Waals surface area contributed by atoms with Crippen molar-refractivity contribution < 1.29 is 27.8 Å². The molecule has 0 aromatic heterocycles. The van der Waals surface area contributed by atoms with Crippen LogP contribution in [0, 0.1) is 0 Å². The summed E-state index contributed by atoms with van der Waals surface area (Å²) in [5.74, 6) is -4.64. The van der Waals surface area contributed by atoms with Crippen LogP contribution < -0.4 is 15.2 Å². The molecular formula is C13H16ClF2NO4. The van der Waals surface area contributed by atoms with Crippen molar-refractivity contribution in [2.24, 2.45) is 5.73 Å². The largest absolute Gasteiger partial charge is 0.486 e. The minimum Gasteiger partial charge on any atom is -0.486 e. The van der Waals surface area contributed by atoms with E-state index in [1.165, 1.54) is 25.1 Å². The molecular weight excluding hydrogens is 308 g/mol. The Bertz CT molecular complexity index is 513. The first-order valence-corrected chi connectivity index (χ1v) is 6.17. The van der Waals surface area contributed by atoms with E-state index in [1.54, 1.807) is 0 Å². The van der Waals surface area contributed by atoms with Crippen LogP contribution in [0.15, 0.2) is 18.2 Å². The van der Waals surface area contributed by atoms with E-state index in [9.17, 15) is 13.6 Å². The van der Waals surface area contributed by atoms with Gasteiger partial charge in [-0.2, -0.15) is 8.78 Å². The number of esters is 1. The minimum atomic E-state index is -3.81. The summed E-state index contributed by atoms with van der Waals surface area (Å²) < 4.78 is 42.6. The van der Waals surface area contributed by atoms with E-state index in [2.05, 4.69) is 4.74 Å². The molecule has 2 N–H and O–H groups in total. The van der Waals surface area contributed by atoms with Gasteiger partial charge in [0.2, 0.25) is 0 Å². The second-order valence-corrected chi connectivity index (χ2v) is 4.22. The summed E-state index contributed by atoms with van der Waals surface area (Å²) in [5.41, 5.74) is 5.57. The zero-order chi connectivity index (χ0) is 14.8. The summed E-state index contributed by atoms with van der Waals surface area (Å²) in [6.07, 6.45) is 0. The van der Waals surface area contributed by atoms with Gasteiger partial charge in [0, 0.05) is 0 Å². The van der Waals surface area contributed by atoms with Crippen LogP contribution in [0.4, 0.5) is 8.78 Å². The molecule has 0 aliphatic carbocycles. The van der Waals surface area contributed by atoms with Crippen LogP contribution in [0.3, 0.4) is 0 Å². The first-order chi connectivity index (χ1) is 9.46. The maximum Gasteiger partial charge on any atom is 0.379 e. The summed E-state index contributed by atoms with van der Waals surface area (Å²) in [5, 5.41) is 0. The fourth-order valence-corrected chi connectivity index (χ4v) is 1.82. The molecule has 2 rings (SSSR count). The molecule has 1 atom stereocenters. The molecule has 1 aromatic rings. The average Bonchev–Trinajstić information content (AvgIpc) is 2.46. The lowest BCUT2D eigenvalue weighted by molar-refractivity contribution is -0.174. The maximum atomic E-state index is 13.8. The van der Waals surface area contributed by atoms with Crippen LogP contribution in [-0.4, -0.2) is 31.7 Å². The van der Waals surface area contributed by atoms with E-state index >= 15 is 0 Å². The molecule has 1 aliphatic heterocycles. The van der Waals surface area contributed by atoms with Crippen LogP contribution in [0.2, 0.25) is 0 Å². The molecule has 0 spiro atoms. The Kier molecular flexibility index (Phi) is 5.74. The molecule has 0 radical (unpaired) electrons. The zero-order valence-electron chi connectivity index (χ0n) is 11.3. The van der Waals surface area contributed by atoms with E-state index in [1.807, 2.05) is 0 Å². The normalized spacial score (nSPS) is 14.9. The van der Waals surface area contributed by atoms with Crippen LogP contribution in [0.1, 0.15) is 18.5 Å². The van der Waals surface area contributed by atoms with Gasteiger partial charge in [0.05, 0.1) is 6.61 Å². The molecule has 1 aliphatic rings. The highest BCUT2D eigenvalue weighted by Gasteiger charge is 2.48. The number of halogens is 3. The third kappa shape index (κ3) is 3.54. The Balaban J connectivity index is 0.00000220. The predicted molar refractivity (Wildman–Crippen MR) is 73.2 cm³/mol. The molecule has 0 unspecified atom stereocenters. The van der Waals surface area contributed by atoms with Crippen molar-refractivity contribution in [2.75, 3.05) is 19.8 Å². The topological polar surface area (TPSA) is 70.8 Å². The van der Waals surface area contributed by atoms with E-state index in [0.29, 0.717) is 24.7 Å². The van der Waals surface area contributed by atoms with Gasteiger partial charge in [0.25, 0.3) is 0 Å². The third-order valence-electron chi connectivity index (χ3n) is 2.86. The van der Waals surface area contributed by atoms with E-state index in [-0.39, 0.29) is 24.6 Å². The lowest BCUT2D eigenvalue weighted by atomic mass is 10.0. The summed E-state index contributed by atoms with van der Waals surface area (Å²) in [6.45, 7) is 2.04. The van der Waals surface area contributed by atoms with Crippen LogP contribution in [0.5, 0.6) is 11.5 Å². The maximum absolute atomic E-state index is 13.8. The van der Waals surface area contributed by atoms with Crippen LogP contribution >= 0.6 is 12.4 Å². The van der Waals surface area contributed by atoms with Crippen molar-refractivity contribution in [1.29, 1.82) is 0 Å². The van der Waals surface area contributed by atoms with Gasteiger partial charge >= 0.3 is 11.9 Å². The van der Waals surface area contributed by atoms with Gasteiger partial charge in [-0.05, 0) is 24.6 Å². The number of hydrogen-bond donors (Lipinski definition) is 1. The standard InChI is InChI=1S/C13H15F2NO4.ClH/c1-2-18-12(17)13(14,15)11(16)8-3-4-9-10(7-8)20-6-5-19-9;/h3-4,7,11H,2,5-6,16H2,1H3;1H/t11-;/m0./s1. The van der Waals surface area contributed by atoms with E-state index < -0.39 is 17.9 Å². The number of nitrogens with two attached hydrogens (primary N) is 1. The number of alkyl halides is 2. The molecule has 0 fully saturated rings. The van der Waals surface area contributed by atoms with Gasteiger partial charge in [-0.1, -0.05) is 6.07 Å².